The predicted molar refractivity (Wildman–Crippen MR) is 103 cm³/mol. The molecule has 2 aromatic carbocycles. The van der Waals surface area contributed by atoms with Gasteiger partial charge in [-0.05, 0) is 49.1 Å². The van der Waals surface area contributed by atoms with Gasteiger partial charge in [-0.25, -0.2) is 0 Å². The van der Waals surface area contributed by atoms with Crippen LogP contribution in [0.5, 0.6) is 5.75 Å². The highest BCUT2D eigenvalue weighted by atomic mass is 16.5. The highest BCUT2D eigenvalue weighted by molar-refractivity contribution is 5.85. The van der Waals surface area contributed by atoms with Gasteiger partial charge < -0.3 is 14.5 Å². The number of anilines is 1. The molecule has 0 unspecified atom stereocenters. The van der Waals surface area contributed by atoms with Crippen LogP contribution in [0.2, 0.25) is 0 Å². The maximum atomic E-state index is 13.1. The van der Waals surface area contributed by atoms with Crippen LogP contribution in [0, 0.1) is 5.41 Å². The van der Waals surface area contributed by atoms with E-state index in [1.807, 2.05) is 23.1 Å². The minimum absolute atomic E-state index is 0.141. The summed E-state index contributed by atoms with van der Waals surface area (Å²) in [5.74, 6) is 1.20. The standard InChI is InChI=1S/C22H26N2O2/c1-26-20-9-7-18(8-10-20)17-24-16-13-22(21(24)25)11-14-23(15-12-22)19-5-3-2-4-6-19/h2-10H,11-17H2,1H3. The monoisotopic (exact) mass is 350 g/mol. The molecule has 136 valence electrons. The third-order valence-electron chi connectivity index (χ3n) is 5.98. The van der Waals surface area contributed by atoms with E-state index < -0.39 is 0 Å². The van der Waals surface area contributed by atoms with Crippen molar-refractivity contribution < 1.29 is 9.53 Å². The van der Waals surface area contributed by atoms with Crippen LogP contribution in [0.3, 0.4) is 0 Å². The third-order valence-corrected chi connectivity index (χ3v) is 5.98. The molecule has 0 N–H and O–H groups in total. The van der Waals surface area contributed by atoms with Gasteiger partial charge in [0.25, 0.3) is 0 Å². The summed E-state index contributed by atoms with van der Waals surface area (Å²) in [6.07, 6.45) is 2.91. The normalized spacial score (nSPS) is 19.2. The molecule has 1 spiro atoms. The van der Waals surface area contributed by atoms with E-state index in [4.69, 9.17) is 4.74 Å². The van der Waals surface area contributed by atoms with Crippen LogP contribution in [-0.2, 0) is 11.3 Å². The number of likely N-dealkylation sites (tertiary alicyclic amines) is 1. The van der Waals surface area contributed by atoms with Crippen LogP contribution in [-0.4, -0.2) is 37.6 Å². The number of nitrogens with zero attached hydrogens (tertiary/aromatic N) is 2. The van der Waals surface area contributed by atoms with Gasteiger partial charge in [0, 0.05) is 31.9 Å². The van der Waals surface area contributed by atoms with E-state index >= 15 is 0 Å². The molecule has 2 aliphatic rings. The number of amides is 1. The zero-order valence-corrected chi connectivity index (χ0v) is 15.4. The Morgan fingerprint density at radius 2 is 1.58 bits per heavy atom. The second kappa shape index (κ2) is 7.02. The average Bonchev–Trinajstić information content (AvgIpc) is 2.99. The van der Waals surface area contributed by atoms with Gasteiger partial charge in [0.2, 0.25) is 5.91 Å². The fourth-order valence-electron chi connectivity index (χ4n) is 4.29. The third kappa shape index (κ3) is 3.16. The van der Waals surface area contributed by atoms with Crippen molar-refractivity contribution >= 4 is 11.6 Å². The number of benzene rings is 2. The van der Waals surface area contributed by atoms with Crippen molar-refractivity contribution in [2.45, 2.75) is 25.8 Å². The van der Waals surface area contributed by atoms with Crippen molar-refractivity contribution in [2.24, 2.45) is 5.41 Å². The molecule has 0 saturated carbocycles. The molecular weight excluding hydrogens is 324 g/mol. The first-order valence-electron chi connectivity index (χ1n) is 9.42. The second-order valence-electron chi connectivity index (χ2n) is 7.43. The van der Waals surface area contributed by atoms with Crippen LogP contribution >= 0.6 is 0 Å². The average molecular weight is 350 g/mol. The molecule has 0 bridgehead atoms. The molecule has 0 aliphatic carbocycles. The largest absolute Gasteiger partial charge is 0.497 e. The Bertz CT molecular complexity index is 749. The van der Waals surface area contributed by atoms with E-state index in [0.717, 1.165) is 50.2 Å². The van der Waals surface area contributed by atoms with Gasteiger partial charge in [0.1, 0.15) is 5.75 Å². The summed E-state index contributed by atoms with van der Waals surface area (Å²) in [5.41, 5.74) is 2.29. The molecule has 0 atom stereocenters. The minimum atomic E-state index is -0.141. The number of piperidine rings is 1. The fraction of sp³-hybridized carbons (Fsp3) is 0.409. The van der Waals surface area contributed by atoms with Crippen LogP contribution in [0.25, 0.3) is 0 Å². The number of carbonyl (C=O) groups is 1. The molecule has 1 amide bonds. The SMILES string of the molecule is COc1ccc(CN2CCC3(CCN(c4ccccc4)CC3)C2=O)cc1. The molecule has 2 heterocycles. The van der Waals surface area contributed by atoms with Gasteiger partial charge in [0.15, 0.2) is 0 Å². The van der Waals surface area contributed by atoms with Gasteiger partial charge in [-0.2, -0.15) is 0 Å². The summed E-state index contributed by atoms with van der Waals surface area (Å²) in [5, 5.41) is 0. The number of hydrogen-bond acceptors (Lipinski definition) is 3. The van der Waals surface area contributed by atoms with E-state index in [0.29, 0.717) is 12.5 Å². The first-order valence-corrected chi connectivity index (χ1v) is 9.42. The lowest BCUT2D eigenvalue weighted by Crippen LogP contribution is -2.44. The summed E-state index contributed by atoms with van der Waals surface area (Å²) >= 11 is 0. The number of methoxy groups -OCH3 is 1. The van der Waals surface area contributed by atoms with Gasteiger partial charge in [-0.15, -0.1) is 0 Å². The zero-order chi connectivity index (χ0) is 18.0. The van der Waals surface area contributed by atoms with Gasteiger partial charge in [-0.1, -0.05) is 30.3 Å². The first-order chi connectivity index (χ1) is 12.7. The summed E-state index contributed by atoms with van der Waals surface area (Å²) in [4.78, 5) is 17.6. The highest BCUT2D eigenvalue weighted by Crippen LogP contribution is 2.42. The molecule has 2 aliphatic heterocycles. The fourth-order valence-corrected chi connectivity index (χ4v) is 4.29. The smallest absolute Gasteiger partial charge is 0.229 e. The Morgan fingerprint density at radius 1 is 0.923 bits per heavy atom. The Hall–Kier alpha value is -2.49. The minimum Gasteiger partial charge on any atom is -0.497 e. The number of hydrogen-bond donors (Lipinski definition) is 0. The summed E-state index contributed by atoms with van der Waals surface area (Å²) in [7, 11) is 1.67. The quantitative estimate of drug-likeness (QED) is 0.843. The zero-order valence-electron chi connectivity index (χ0n) is 15.4. The van der Waals surface area contributed by atoms with Crippen LogP contribution in [0.1, 0.15) is 24.8 Å². The van der Waals surface area contributed by atoms with E-state index in [9.17, 15) is 4.79 Å². The van der Waals surface area contributed by atoms with Crippen molar-refractivity contribution in [1.29, 1.82) is 0 Å². The topological polar surface area (TPSA) is 32.8 Å². The Balaban J connectivity index is 1.39. The number of para-hydroxylation sites is 1. The molecule has 0 aromatic heterocycles. The van der Waals surface area contributed by atoms with E-state index in [1.54, 1.807) is 7.11 Å². The molecule has 26 heavy (non-hydrogen) atoms. The first kappa shape index (κ1) is 17.0. The lowest BCUT2D eigenvalue weighted by Gasteiger charge is -2.39. The summed E-state index contributed by atoms with van der Waals surface area (Å²) < 4.78 is 5.21. The number of rotatable bonds is 4. The van der Waals surface area contributed by atoms with Gasteiger partial charge in [0.05, 0.1) is 12.5 Å². The molecule has 4 nitrogen and oxygen atoms in total. The van der Waals surface area contributed by atoms with Crippen molar-refractivity contribution in [3.8, 4) is 5.75 Å². The Labute approximate surface area is 155 Å². The van der Waals surface area contributed by atoms with E-state index in [-0.39, 0.29) is 5.41 Å². The van der Waals surface area contributed by atoms with Crippen molar-refractivity contribution in [3.05, 3.63) is 60.2 Å². The van der Waals surface area contributed by atoms with Crippen LogP contribution in [0.15, 0.2) is 54.6 Å². The Kier molecular flexibility index (Phi) is 4.58. The molecule has 2 fully saturated rings. The summed E-state index contributed by atoms with van der Waals surface area (Å²) in [6.45, 7) is 3.50. The second-order valence-corrected chi connectivity index (χ2v) is 7.43. The summed E-state index contributed by atoms with van der Waals surface area (Å²) in [6, 6.07) is 18.5. The van der Waals surface area contributed by atoms with Crippen LogP contribution in [0.4, 0.5) is 5.69 Å². The molecule has 2 aromatic rings. The molecule has 4 rings (SSSR count). The Morgan fingerprint density at radius 3 is 2.23 bits per heavy atom. The predicted octanol–water partition coefficient (Wildman–Crippen LogP) is 3.71. The van der Waals surface area contributed by atoms with Crippen LogP contribution < -0.4 is 9.64 Å². The lowest BCUT2D eigenvalue weighted by atomic mass is 9.77. The van der Waals surface area contributed by atoms with Gasteiger partial charge >= 0.3 is 0 Å². The maximum Gasteiger partial charge on any atom is 0.229 e. The van der Waals surface area contributed by atoms with Crippen molar-refractivity contribution in [1.82, 2.24) is 4.90 Å². The van der Waals surface area contributed by atoms with Crippen molar-refractivity contribution in [3.63, 3.8) is 0 Å². The molecule has 0 radical (unpaired) electrons. The van der Waals surface area contributed by atoms with Crippen molar-refractivity contribution in [2.75, 3.05) is 31.6 Å². The number of ether oxygens (including phenoxy) is 1. The molecular formula is C22H26N2O2. The number of carbonyl (C=O) groups excluding carboxylic acids is 1. The van der Waals surface area contributed by atoms with E-state index in [2.05, 4.69) is 41.3 Å². The van der Waals surface area contributed by atoms with Gasteiger partial charge in [-0.3, -0.25) is 4.79 Å². The molecule has 4 heteroatoms. The molecule has 2 saturated heterocycles. The highest BCUT2D eigenvalue weighted by Gasteiger charge is 2.47. The lowest BCUT2D eigenvalue weighted by molar-refractivity contribution is -0.137. The maximum absolute atomic E-state index is 13.1. The van der Waals surface area contributed by atoms with E-state index in [1.165, 1.54) is 5.69 Å².